The predicted molar refractivity (Wildman–Crippen MR) is 129 cm³/mol. The molecule has 1 heterocycles. The Labute approximate surface area is 199 Å². The van der Waals surface area contributed by atoms with Crippen LogP contribution in [0.4, 0.5) is 0 Å². The van der Waals surface area contributed by atoms with Crippen LogP contribution in [0.2, 0.25) is 0 Å². The van der Waals surface area contributed by atoms with Gasteiger partial charge in [0.15, 0.2) is 6.61 Å². The zero-order valence-corrected chi connectivity index (χ0v) is 19.8. The fraction of sp³-hybridized carbons (Fsp3) is 0.308. The van der Waals surface area contributed by atoms with Crippen LogP contribution in [0.1, 0.15) is 31.4 Å². The first-order chi connectivity index (χ1) is 16.4. The summed E-state index contributed by atoms with van der Waals surface area (Å²) >= 11 is 0. The molecule has 0 aliphatic carbocycles. The van der Waals surface area contributed by atoms with Crippen molar-refractivity contribution in [3.8, 4) is 0 Å². The number of nitrogens with one attached hydrogen (secondary N) is 1. The van der Waals surface area contributed by atoms with E-state index in [1.807, 2.05) is 49.4 Å². The van der Waals surface area contributed by atoms with Gasteiger partial charge in [-0.2, -0.15) is 4.31 Å². The average molecular weight is 481 g/mol. The number of ether oxygens (including phenoxy) is 1. The summed E-state index contributed by atoms with van der Waals surface area (Å²) in [5.74, 6) is -1.27. The van der Waals surface area contributed by atoms with Gasteiger partial charge in [0.1, 0.15) is 0 Å². The topological polar surface area (TPSA) is 92.8 Å². The third-order valence-corrected chi connectivity index (χ3v) is 8.09. The molecule has 3 aromatic carbocycles. The Morgan fingerprint density at radius 2 is 1.62 bits per heavy atom. The lowest BCUT2D eigenvalue weighted by Crippen LogP contribution is -2.41. The molecule has 34 heavy (non-hydrogen) atoms. The van der Waals surface area contributed by atoms with Gasteiger partial charge in [-0.25, -0.2) is 8.42 Å². The smallest absolute Gasteiger partial charge is 0.309 e. The Hall–Kier alpha value is -3.23. The molecule has 0 saturated carbocycles. The molecule has 1 saturated heterocycles. The highest BCUT2D eigenvalue weighted by molar-refractivity contribution is 7.89. The monoisotopic (exact) mass is 480 g/mol. The van der Waals surface area contributed by atoms with Gasteiger partial charge in [0, 0.05) is 13.1 Å². The minimum atomic E-state index is -3.58. The van der Waals surface area contributed by atoms with Crippen LogP contribution in [0.3, 0.4) is 0 Å². The van der Waals surface area contributed by atoms with E-state index in [0.717, 1.165) is 16.3 Å². The first-order valence-electron chi connectivity index (χ1n) is 11.3. The first-order valence-corrected chi connectivity index (χ1v) is 12.8. The highest BCUT2D eigenvalue weighted by Gasteiger charge is 2.33. The van der Waals surface area contributed by atoms with Crippen LogP contribution in [0.25, 0.3) is 10.8 Å². The second-order valence-electron chi connectivity index (χ2n) is 8.46. The van der Waals surface area contributed by atoms with Crippen molar-refractivity contribution in [3.05, 3.63) is 78.4 Å². The zero-order valence-electron chi connectivity index (χ0n) is 19.0. The van der Waals surface area contributed by atoms with Gasteiger partial charge in [0.25, 0.3) is 5.91 Å². The number of carbonyl (C=O) groups excluding carboxylic acids is 2. The van der Waals surface area contributed by atoms with E-state index in [2.05, 4.69) is 5.32 Å². The summed E-state index contributed by atoms with van der Waals surface area (Å²) in [6.07, 6.45) is 0.720. The number of rotatable bonds is 7. The minimum absolute atomic E-state index is 0.237. The van der Waals surface area contributed by atoms with Crippen molar-refractivity contribution in [3.63, 3.8) is 0 Å². The van der Waals surface area contributed by atoms with Crippen LogP contribution in [-0.4, -0.2) is 44.3 Å². The van der Waals surface area contributed by atoms with Gasteiger partial charge >= 0.3 is 5.97 Å². The standard InChI is InChI=1S/C26H28N2O5S/c1-19(23-13-7-9-20-8-5-6-12-24(20)23)27-25(29)18-33-26(30)21-14-16-28(17-15-21)34(31,32)22-10-3-2-4-11-22/h2-13,19,21H,14-18H2,1H3,(H,27,29). The number of sulfonamides is 1. The van der Waals surface area contributed by atoms with E-state index in [0.29, 0.717) is 12.8 Å². The number of benzene rings is 3. The highest BCUT2D eigenvalue weighted by Crippen LogP contribution is 2.25. The molecule has 3 aromatic rings. The Morgan fingerprint density at radius 3 is 2.35 bits per heavy atom. The number of esters is 1. The maximum Gasteiger partial charge on any atom is 0.309 e. The van der Waals surface area contributed by atoms with Gasteiger partial charge in [0.2, 0.25) is 10.0 Å². The molecule has 4 rings (SSSR count). The fourth-order valence-corrected chi connectivity index (χ4v) is 5.81. The van der Waals surface area contributed by atoms with Gasteiger partial charge in [0.05, 0.1) is 16.9 Å². The van der Waals surface area contributed by atoms with E-state index < -0.39 is 21.9 Å². The summed E-state index contributed by atoms with van der Waals surface area (Å²) in [5.41, 5.74) is 0.991. The lowest BCUT2D eigenvalue weighted by Gasteiger charge is -2.30. The molecule has 7 nitrogen and oxygen atoms in total. The van der Waals surface area contributed by atoms with Gasteiger partial charge in [-0.05, 0) is 48.2 Å². The van der Waals surface area contributed by atoms with E-state index in [-0.39, 0.29) is 36.5 Å². The lowest BCUT2D eigenvalue weighted by molar-refractivity contribution is -0.153. The van der Waals surface area contributed by atoms with Crippen LogP contribution in [0.15, 0.2) is 77.7 Å². The van der Waals surface area contributed by atoms with Crippen molar-refractivity contribution in [2.75, 3.05) is 19.7 Å². The summed E-state index contributed by atoms with van der Waals surface area (Å²) in [6.45, 7) is 2.00. The summed E-state index contributed by atoms with van der Waals surface area (Å²) < 4.78 is 32.1. The van der Waals surface area contributed by atoms with Crippen LogP contribution in [0, 0.1) is 5.92 Å². The maximum atomic E-state index is 12.7. The van der Waals surface area contributed by atoms with Crippen molar-refractivity contribution in [2.45, 2.75) is 30.7 Å². The van der Waals surface area contributed by atoms with Gasteiger partial charge in [-0.1, -0.05) is 60.7 Å². The molecule has 1 aliphatic rings. The van der Waals surface area contributed by atoms with Crippen LogP contribution < -0.4 is 5.32 Å². The minimum Gasteiger partial charge on any atom is -0.455 e. The second-order valence-corrected chi connectivity index (χ2v) is 10.4. The summed E-state index contributed by atoms with van der Waals surface area (Å²) in [6, 6.07) is 21.9. The Balaban J connectivity index is 1.27. The quantitative estimate of drug-likeness (QED) is 0.521. The van der Waals surface area contributed by atoms with Crippen molar-refractivity contribution >= 4 is 32.7 Å². The molecular formula is C26H28N2O5S. The van der Waals surface area contributed by atoms with Crippen molar-refractivity contribution in [1.82, 2.24) is 9.62 Å². The fourth-order valence-electron chi connectivity index (χ4n) is 4.32. The van der Waals surface area contributed by atoms with Crippen molar-refractivity contribution < 1.29 is 22.7 Å². The Kier molecular flexibility index (Phi) is 7.29. The number of hydrogen-bond donors (Lipinski definition) is 1. The third-order valence-electron chi connectivity index (χ3n) is 6.18. The van der Waals surface area contributed by atoms with Crippen LogP contribution in [-0.2, 0) is 24.3 Å². The number of carbonyl (C=O) groups is 2. The van der Waals surface area contributed by atoms with Crippen LogP contribution in [0.5, 0.6) is 0 Å². The SMILES string of the molecule is CC(NC(=O)COC(=O)C1CCN(S(=O)(=O)c2ccccc2)CC1)c1cccc2ccccc12. The second kappa shape index (κ2) is 10.4. The Morgan fingerprint density at radius 1 is 0.971 bits per heavy atom. The van der Waals surface area contributed by atoms with Gasteiger partial charge in [-0.3, -0.25) is 9.59 Å². The summed E-state index contributed by atoms with van der Waals surface area (Å²) in [5, 5.41) is 5.04. The van der Waals surface area contributed by atoms with E-state index in [4.69, 9.17) is 4.74 Å². The maximum absolute atomic E-state index is 12.7. The zero-order chi connectivity index (χ0) is 24.1. The van der Waals surface area contributed by atoms with Crippen LogP contribution >= 0.6 is 0 Å². The number of nitrogens with zero attached hydrogens (tertiary/aromatic N) is 1. The van der Waals surface area contributed by atoms with E-state index in [1.165, 1.54) is 4.31 Å². The molecule has 1 aliphatic heterocycles. The van der Waals surface area contributed by atoms with Crippen molar-refractivity contribution in [1.29, 1.82) is 0 Å². The number of fused-ring (bicyclic) bond motifs is 1. The third kappa shape index (κ3) is 5.29. The molecule has 1 N–H and O–H groups in total. The molecule has 0 radical (unpaired) electrons. The molecule has 8 heteroatoms. The lowest BCUT2D eigenvalue weighted by atomic mass is 9.98. The van der Waals surface area contributed by atoms with Gasteiger partial charge < -0.3 is 10.1 Å². The number of piperidine rings is 1. The van der Waals surface area contributed by atoms with Crippen molar-refractivity contribution in [2.24, 2.45) is 5.92 Å². The average Bonchev–Trinajstić information content (AvgIpc) is 2.87. The molecule has 0 bridgehead atoms. The molecule has 1 unspecified atom stereocenters. The molecule has 0 spiro atoms. The normalized spacial score (nSPS) is 16.1. The number of amides is 1. The van der Waals surface area contributed by atoms with E-state index >= 15 is 0 Å². The van der Waals surface area contributed by atoms with Gasteiger partial charge in [-0.15, -0.1) is 0 Å². The summed E-state index contributed by atoms with van der Waals surface area (Å²) in [4.78, 5) is 25.1. The molecule has 0 aromatic heterocycles. The highest BCUT2D eigenvalue weighted by atomic mass is 32.2. The largest absolute Gasteiger partial charge is 0.455 e. The molecule has 1 fully saturated rings. The first kappa shape index (κ1) is 23.9. The molecule has 1 atom stereocenters. The van der Waals surface area contributed by atoms with E-state index in [1.54, 1.807) is 30.3 Å². The molecular weight excluding hydrogens is 452 g/mol. The van der Waals surface area contributed by atoms with E-state index in [9.17, 15) is 18.0 Å². The number of hydrogen-bond acceptors (Lipinski definition) is 5. The molecule has 178 valence electrons. The molecule has 1 amide bonds. The Bertz CT molecular complexity index is 1260. The summed E-state index contributed by atoms with van der Waals surface area (Å²) in [7, 11) is -3.58. The predicted octanol–water partition coefficient (Wildman–Crippen LogP) is 3.66.